The predicted octanol–water partition coefficient (Wildman–Crippen LogP) is 2.80. The number of aromatic nitrogens is 4. The molecule has 9 heteroatoms. The zero-order valence-corrected chi connectivity index (χ0v) is 10.9. The molecule has 0 aromatic carbocycles. The Morgan fingerprint density at radius 2 is 1.95 bits per heavy atom. The maximum Gasteiger partial charge on any atom is 0.436 e. The number of hydrogen-bond acceptors (Lipinski definition) is 4. The van der Waals surface area contributed by atoms with E-state index < -0.39 is 11.9 Å². The Bertz CT molecular complexity index is 590. The van der Waals surface area contributed by atoms with E-state index in [2.05, 4.69) is 15.3 Å². The average Bonchev–Trinajstić information content (AvgIpc) is 2.83. The molecule has 0 aliphatic carbocycles. The van der Waals surface area contributed by atoms with Gasteiger partial charge in [0.05, 0.1) is 10.7 Å². The average molecular weight is 295 g/mol. The summed E-state index contributed by atoms with van der Waals surface area (Å²) >= 11 is 5.63. The van der Waals surface area contributed by atoms with Crippen molar-refractivity contribution in [1.82, 2.24) is 20.0 Å². The Hall–Kier alpha value is -1.57. The van der Waals surface area contributed by atoms with Gasteiger partial charge in [-0.25, -0.2) is 0 Å². The van der Waals surface area contributed by atoms with Gasteiger partial charge in [0.1, 0.15) is 0 Å². The third-order valence-corrected chi connectivity index (χ3v) is 2.96. The number of aryl methyl sites for hydroxylation is 3. The van der Waals surface area contributed by atoms with Crippen LogP contribution in [0.3, 0.4) is 0 Å². The van der Waals surface area contributed by atoms with Crippen molar-refractivity contribution in [2.75, 3.05) is 0 Å². The predicted molar refractivity (Wildman–Crippen MR) is 59.7 cm³/mol. The molecule has 19 heavy (non-hydrogen) atoms. The summed E-state index contributed by atoms with van der Waals surface area (Å²) in [6.07, 6.45) is -4.27. The van der Waals surface area contributed by atoms with Crippen LogP contribution < -0.4 is 0 Å². The number of rotatable bonds is 3. The van der Waals surface area contributed by atoms with Crippen molar-refractivity contribution in [3.8, 4) is 0 Å². The second-order valence-corrected chi connectivity index (χ2v) is 4.31. The number of alkyl halides is 3. The van der Waals surface area contributed by atoms with Gasteiger partial charge < -0.3 is 4.42 Å². The van der Waals surface area contributed by atoms with E-state index in [0.29, 0.717) is 11.8 Å². The van der Waals surface area contributed by atoms with E-state index >= 15 is 0 Å². The van der Waals surface area contributed by atoms with Crippen molar-refractivity contribution in [3.63, 3.8) is 0 Å². The second kappa shape index (κ2) is 4.84. The van der Waals surface area contributed by atoms with E-state index in [1.165, 1.54) is 11.6 Å². The molecule has 2 rings (SSSR count). The minimum atomic E-state index is -4.56. The number of nitrogens with zero attached hydrogens (tertiary/aromatic N) is 4. The molecule has 0 unspecified atom stereocenters. The molecule has 2 heterocycles. The lowest BCUT2D eigenvalue weighted by atomic mass is 10.3. The summed E-state index contributed by atoms with van der Waals surface area (Å²) in [6.45, 7) is 3.29. The fourth-order valence-electron chi connectivity index (χ4n) is 1.56. The lowest BCUT2D eigenvalue weighted by Gasteiger charge is -2.02. The lowest BCUT2D eigenvalue weighted by Crippen LogP contribution is -2.10. The summed E-state index contributed by atoms with van der Waals surface area (Å²) < 4.78 is 44.1. The van der Waals surface area contributed by atoms with Crippen LogP contribution >= 0.6 is 11.6 Å². The van der Waals surface area contributed by atoms with Crippen molar-refractivity contribution < 1.29 is 17.6 Å². The van der Waals surface area contributed by atoms with Crippen LogP contribution in [-0.2, 0) is 19.1 Å². The standard InChI is InChI=1S/C10H10ClF3N4O/c1-5-8(11)9(10(12,13)14)17-18(5)4-3-7-16-15-6(2)19-7/h3-4H2,1-2H3. The van der Waals surface area contributed by atoms with Crippen LogP contribution in [0.5, 0.6) is 0 Å². The highest BCUT2D eigenvalue weighted by Gasteiger charge is 2.38. The van der Waals surface area contributed by atoms with Gasteiger partial charge in [-0.05, 0) is 6.92 Å². The summed E-state index contributed by atoms with van der Waals surface area (Å²) in [4.78, 5) is 0. The molecule has 2 aromatic heterocycles. The van der Waals surface area contributed by atoms with Gasteiger partial charge in [-0.2, -0.15) is 18.3 Å². The molecule has 0 aliphatic rings. The highest BCUT2D eigenvalue weighted by atomic mass is 35.5. The SMILES string of the molecule is Cc1nnc(CCn2nc(C(F)(F)F)c(Cl)c2C)o1. The van der Waals surface area contributed by atoms with Gasteiger partial charge in [0.2, 0.25) is 11.8 Å². The fraction of sp³-hybridized carbons (Fsp3) is 0.500. The van der Waals surface area contributed by atoms with Gasteiger partial charge in [0, 0.05) is 19.9 Å². The monoisotopic (exact) mass is 294 g/mol. The van der Waals surface area contributed by atoms with Gasteiger partial charge >= 0.3 is 6.18 Å². The molecule has 5 nitrogen and oxygen atoms in total. The summed E-state index contributed by atoms with van der Waals surface area (Å²) in [5.74, 6) is 0.748. The molecular weight excluding hydrogens is 285 g/mol. The maximum absolute atomic E-state index is 12.6. The van der Waals surface area contributed by atoms with Crippen LogP contribution in [0.2, 0.25) is 5.02 Å². The first-order chi connectivity index (χ1) is 8.79. The van der Waals surface area contributed by atoms with Crippen molar-refractivity contribution in [1.29, 1.82) is 0 Å². The molecule has 0 saturated carbocycles. The maximum atomic E-state index is 12.6. The quantitative estimate of drug-likeness (QED) is 0.873. The Kier molecular flexibility index (Phi) is 3.53. The smallest absolute Gasteiger partial charge is 0.426 e. The summed E-state index contributed by atoms with van der Waals surface area (Å²) in [7, 11) is 0. The van der Waals surface area contributed by atoms with Crippen molar-refractivity contribution >= 4 is 11.6 Å². The fourth-order valence-corrected chi connectivity index (χ4v) is 1.81. The molecule has 0 bridgehead atoms. The van der Waals surface area contributed by atoms with Crippen molar-refractivity contribution in [3.05, 3.63) is 28.2 Å². The first-order valence-electron chi connectivity index (χ1n) is 5.38. The molecule has 0 spiro atoms. The third kappa shape index (κ3) is 2.89. The number of hydrogen-bond donors (Lipinski definition) is 0. The first kappa shape index (κ1) is 13.9. The van der Waals surface area contributed by atoms with Crippen LogP contribution in [0.25, 0.3) is 0 Å². The zero-order valence-electron chi connectivity index (χ0n) is 10.1. The van der Waals surface area contributed by atoms with E-state index in [-0.39, 0.29) is 23.7 Å². The van der Waals surface area contributed by atoms with E-state index in [4.69, 9.17) is 16.0 Å². The zero-order chi connectivity index (χ0) is 14.2. The lowest BCUT2D eigenvalue weighted by molar-refractivity contribution is -0.141. The van der Waals surface area contributed by atoms with Crippen molar-refractivity contribution in [2.24, 2.45) is 0 Å². The van der Waals surface area contributed by atoms with Crippen LogP contribution in [-0.4, -0.2) is 20.0 Å². The Labute approximate surface area is 111 Å². The van der Waals surface area contributed by atoms with Gasteiger partial charge in [-0.3, -0.25) is 4.68 Å². The van der Waals surface area contributed by atoms with Gasteiger partial charge in [-0.15, -0.1) is 10.2 Å². The van der Waals surface area contributed by atoms with Crippen LogP contribution in [0.15, 0.2) is 4.42 Å². The normalized spacial score (nSPS) is 12.1. The topological polar surface area (TPSA) is 56.7 Å². The molecule has 0 aliphatic heterocycles. The number of halogens is 4. The molecule has 0 saturated heterocycles. The van der Waals surface area contributed by atoms with Crippen LogP contribution in [0, 0.1) is 13.8 Å². The molecular formula is C10H10ClF3N4O. The van der Waals surface area contributed by atoms with E-state index in [9.17, 15) is 13.2 Å². The highest BCUT2D eigenvalue weighted by Crippen LogP contribution is 2.35. The molecule has 0 N–H and O–H groups in total. The summed E-state index contributed by atoms with van der Waals surface area (Å²) in [5, 5.41) is 10.5. The largest absolute Gasteiger partial charge is 0.436 e. The highest BCUT2D eigenvalue weighted by molar-refractivity contribution is 6.31. The Morgan fingerprint density at radius 3 is 2.42 bits per heavy atom. The van der Waals surface area contributed by atoms with Gasteiger partial charge in [0.25, 0.3) is 0 Å². The van der Waals surface area contributed by atoms with Crippen LogP contribution in [0.4, 0.5) is 13.2 Å². The summed E-state index contributed by atoms with van der Waals surface area (Å²) in [5.41, 5.74) is -0.821. The van der Waals surface area contributed by atoms with Crippen molar-refractivity contribution in [2.45, 2.75) is 33.0 Å². The first-order valence-corrected chi connectivity index (χ1v) is 5.76. The minimum absolute atomic E-state index is 0.184. The Balaban J connectivity index is 2.17. The molecule has 0 atom stereocenters. The third-order valence-electron chi connectivity index (χ3n) is 2.51. The molecule has 0 radical (unpaired) electrons. The Morgan fingerprint density at radius 1 is 1.26 bits per heavy atom. The van der Waals surface area contributed by atoms with E-state index in [0.717, 1.165) is 0 Å². The second-order valence-electron chi connectivity index (χ2n) is 3.93. The molecule has 2 aromatic rings. The van der Waals surface area contributed by atoms with Gasteiger partial charge in [-0.1, -0.05) is 11.6 Å². The minimum Gasteiger partial charge on any atom is -0.426 e. The van der Waals surface area contributed by atoms with Crippen LogP contribution in [0.1, 0.15) is 23.2 Å². The summed E-state index contributed by atoms with van der Waals surface area (Å²) in [6, 6.07) is 0. The van der Waals surface area contributed by atoms with E-state index in [1.54, 1.807) is 6.92 Å². The molecule has 0 amide bonds. The van der Waals surface area contributed by atoms with Gasteiger partial charge in [0.15, 0.2) is 5.69 Å². The van der Waals surface area contributed by atoms with E-state index in [1.807, 2.05) is 0 Å². The molecule has 0 fully saturated rings. The molecule has 104 valence electrons.